The van der Waals surface area contributed by atoms with Crippen molar-refractivity contribution in [2.45, 2.75) is 33.1 Å². The number of nitrogens with zero attached hydrogens (tertiary/aromatic N) is 1. The van der Waals surface area contributed by atoms with E-state index in [0.29, 0.717) is 0 Å². The smallest absolute Gasteiger partial charge is 0.0163 e. The molecule has 0 aromatic rings. The minimum Gasteiger partial charge on any atom is -0.330 e. The summed E-state index contributed by atoms with van der Waals surface area (Å²) in [6.07, 6.45) is 7.59. The largest absolute Gasteiger partial charge is 0.330 e. The molecule has 0 spiro atoms. The van der Waals surface area contributed by atoms with Crippen LogP contribution in [0.5, 0.6) is 0 Å². The van der Waals surface area contributed by atoms with Crippen LogP contribution in [0.3, 0.4) is 0 Å². The Labute approximate surface area is 108 Å². The SMILES string of the molecule is C=CCN(CC=C)CCCC(CCN)C(C)C. The minimum atomic E-state index is 0.741. The standard InChI is InChI=1S/C15H30N2/c1-5-11-17(12-6-2)13-7-8-15(9-10-16)14(3)4/h5-6,14-15H,1-2,7-13,16H2,3-4H3. The lowest BCUT2D eigenvalue weighted by Gasteiger charge is -2.23. The van der Waals surface area contributed by atoms with Gasteiger partial charge >= 0.3 is 0 Å². The first-order valence-corrected chi connectivity index (χ1v) is 6.79. The molecule has 0 radical (unpaired) electrons. The van der Waals surface area contributed by atoms with E-state index in [1.807, 2.05) is 12.2 Å². The van der Waals surface area contributed by atoms with E-state index in [-0.39, 0.29) is 0 Å². The van der Waals surface area contributed by atoms with Gasteiger partial charge < -0.3 is 5.73 Å². The summed E-state index contributed by atoms with van der Waals surface area (Å²) in [5.74, 6) is 1.51. The molecule has 0 aromatic heterocycles. The Morgan fingerprint density at radius 3 is 2.12 bits per heavy atom. The van der Waals surface area contributed by atoms with E-state index in [1.54, 1.807) is 0 Å². The van der Waals surface area contributed by atoms with E-state index in [1.165, 1.54) is 12.8 Å². The Balaban J connectivity index is 3.90. The maximum Gasteiger partial charge on any atom is 0.0163 e. The van der Waals surface area contributed by atoms with Crippen LogP contribution in [0.15, 0.2) is 25.3 Å². The molecule has 17 heavy (non-hydrogen) atoms. The van der Waals surface area contributed by atoms with E-state index in [2.05, 4.69) is 31.9 Å². The summed E-state index contributed by atoms with van der Waals surface area (Å²) >= 11 is 0. The van der Waals surface area contributed by atoms with Crippen molar-refractivity contribution in [3.8, 4) is 0 Å². The van der Waals surface area contributed by atoms with Crippen LogP contribution in [0.25, 0.3) is 0 Å². The molecular formula is C15H30N2. The van der Waals surface area contributed by atoms with Crippen molar-refractivity contribution in [3.63, 3.8) is 0 Å². The topological polar surface area (TPSA) is 29.3 Å². The summed E-state index contributed by atoms with van der Waals surface area (Å²) < 4.78 is 0. The average molecular weight is 238 g/mol. The third-order valence-corrected chi connectivity index (χ3v) is 3.30. The molecule has 0 bridgehead atoms. The molecule has 100 valence electrons. The van der Waals surface area contributed by atoms with Crippen LogP contribution in [-0.2, 0) is 0 Å². The molecule has 1 atom stereocenters. The minimum absolute atomic E-state index is 0.741. The second-order valence-corrected chi connectivity index (χ2v) is 5.06. The monoisotopic (exact) mass is 238 g/mol. The molecule has 1 unspecified atom stereocenters. The number of hydrogen-bond donors (Lipinski definition) is 1. The molecule has 0 aliphatic heterocycles. The van der Waals surface area contributed by atoms with Gasteiger partial charge in [0.25, 0.3) is 0 Å². The van der Waals surface area contributed by atoms with Gasteiger partial charge in [-0.15, -0.1) is 13.2 Å². The molecule has 0 heterocycles. The Morgan fingerprint density at radius 1 is 1.12 bits per heavy atom. The van der Waals surface area contributed by atoms with Gasteiger partial charge in [-0.2, -0.15) is 0 Å². The second-order valence-electron chi connectivity index (χ2n) is 5.06. The molecule has 0 aliphatic rings. The highest BCUT2D eigenvalue weighted by atomic mass is 15.1. The zero-order chi connectivity index (χ0) is 13.1. The zero-order valence-electron chi connectivity index (χ0n) is 11.7. The van der Waals surface area contributed by atoms with Crippen LogP contribution < -0.4 is 5.73 Å². The molecule has 2 nitrogen and oxygen atoms in total. The fourth-order valence-electron chi connectivity index (χ4n) is 2.22. The van der Waals surface area contributed by atoms with E-state index < -0.39 is 0 Å². The first-order valence-electron chi connectivity index (χ1n) is 6.79. The third kappa shape index (κ3) is 8.17. The number of nitrogens with two attached hydrogens (primary N) is 1. The fourth-order valence-corrected chi connectivity index (χ4v) is 2.22. The summed E-state index contributed by atoms with van der Waals surface area (Å²) in [4.78, 5) is 2.37. The molecule has 2 N–H and O–H groups in total. The molecule has 0 rings (SSSR count). The molecular weight excluding hydrogens is 208 g/mol. The van der Waals surface area contributed by atoms with Crippen molar-refractivity contribution in [3.05, 3.63) is 25.3 Å². The predicted octanol–water partition coefficient (Wildman–Crippen LogP) is 3.06. The molecule has 2 heteroatoms. The Kier molecular flexibility index (Phi) is 10.2. The highest BCUT2D eigenvalue weighted by molar-refractivity contribution is 4.79. The van der Waals surface area contributed by atoms with Crippen LogP contribution in [0.4, 0.5) is 0 Å². The maximum absolute atomic E-state index is 5.66. The maximum atomic E-state index is 5.66. The normalized spacial score (nSPS) is 13.0. The lowest BCUT2D eigenvalue weighted by atomic mass is 9.88. The van der Waals surface area contributed by atoms with Crippen molar-refractivity contribution < 1.29 is 0 Å². The number of hydrogen-bond acceptors (Lipinski definition) is 2. The first kappa shape index (κ1) is 16.4. The lowest BCUT2D eigenvalue weighted by molar-refractivity contribution is 0.282. The van der Waals surface area contributed by atoms with Crippen molar-refractivity contribution in [2.75, 3.05) is 26.2 Å². The first-order chi connectivity index (χ1) is 8.15. The van der Waals surface area contributed by atoms with Crippen LogP contribution in [0.2, 0.25) is 0 Å². The summed E-state index contributed by atoms with van der Waals surface area (Å²) in [7, 11) is 0. The molecule has 0 aromatic carbocycles. The summed E-state index contributed by atoms with van der Waals surface area (Å²) in [5, 5.41) is 0. The van der Waals surface area contributed by atoms with E-state index in [9.17, 15) is 0 Å². The number of rotatable bonds is 11. The van der Waals surface area contributed by atoms with Crippen molar-refractivity contribution in [2.24, 2.45) is 17.6 Å². The summed E-state index contributed by atoms with van der Waals surface area (Å²) in [5.41, 5.74) is 5.66. The fraction of sp³-hybridized carbons (Fsp3) is 0.733. The third-order valence-electron chi connectivity index (χ3n) is 3.30. The van der Waals surface area contributed by atoms with E-state index in [4.69, 9.17) is 5.73 Å². The molecule has 0 fully saturated rings. The summed E-state index contributed by atoms with van der Waals surface area (Å²) in [6.45, 7) is 16.0. The zero-order valence-corrected chi connectivity index (χ0v) is 11.7. The van der Waals surface area contributed by atoms with Crippen molar-refractivity contribution >= 4 is 0 Å². The van der Waals surface area contributed by atoms with Crippen LogP contribution in [-0.4, -0.2) is 31.1 Å². The average Bonchev–Trinajstić information content (AvgIpc) is 2.28. The van der Waals surface area contributed by atoms with E-state index in [0.717, 1.165) is 44.4 Å². The molecule has 0 amide bonds. The van der Waals surface area contributed by atoms with Gasteiger partial charge in [-0.3, -0.25) is 4.90 Å². The Morgan fingerprint density at radius 2 is 1.71 bits per heavy atom. The Bertz CT molecular complexity index is 189. The van der Waals surface area contributed by atoms with E-state index >= 15 is 0 Å². The highest BCUT2D eigenvalue weighted by Gasteiger charge is 2.12. The lowest BCUT2D eigenvalue weighted by Crippen LogP contribution is -2.26. The summed E-state index contributed by atoms with van der Waals surface area (Å²) in [6, 6.07) is 0. The van der Waals surface area contributed by atoms with Gasteiger partial charge in [-0.05, 0) is 44.2 Å². The Hall–Kier alpha value is -0.600. The van der Waals surface area contributed by atoms with Gasteiger partial charge in [0.1, 0.15) is 0 Å². The van der Waals surface area contributed by atoms with Gasteiger partial charge in [-0.1, -0.05) is 26.0 Å². The van der Waals surface area contributed by atoms with Gasteiger partial charge in [0.2, 0.25) is 0 Å². The molecule has 0 aliphatic carbocycles. The highest BCUT2D eigenvalue weighted by Crippen LogP contribution is 2.20. The van der Waals surface area contributed by atoms with Gasteiger partial charge in [0.15, 0.2) is 0 Å². The van der Waals surface area contributed by atoms with Gasteiger partial charge in [0, 0.05) is 13.1 Å². The molecule has 0 saturated heterocycles. The van der Waals surface area contributed by atoms with Crippen LogP contribution in [0, 0.1) is 11.8 Å². The quantitative estimate of drug-likeness (QED) is 0.561. The molecule has 0 saturated carbocycles. The second kappa shape index (κ2) is 10.5. The predicted molar refractivity (Wildman–Crippen MR) is 78.1 cm³/mol. The van der Waals surface area contributed by atoms with Crippen molar-refractivity contribution in [1.82, 2.24) is 4.90 Å². The van der Waals surface area contributed by atoms with Crippen molar-refractivity contribution in [1.29, 1.82) is 0 Å². The van der Waals surface area contributed by atoms with Crippen LogP contribution >= 0.6 is 0 Å². The van der Waals surface area contributed by atoms with Gasteiger partial charge in [-0.25, -0.2) is 0 Å². The van der Waals surface area contributed by atoms with Gasteiger partial charge in [0.05, 0.1) is 0 Å². The van der Waals surface area contributed by atoms with Crippen LogP contribution in [0.1, 0.15) is 33.1 Å².